The van der Waals surface area contributed by atoms with Crippen molar-refractivity contribution in [2.24, 2.45) is 28.4 Å². The third kappa shape index (κ3) is 3.49. The van der Waals surface area contributed by atoms with Gasteiger partial charge >= 0.3 is 5.97 Å². The minimum absolute atomic E-state index is 0.0159. The van der Waals surface area contributed by atoms with Crippen LogP contribution in [0.3, 0.4) is 0 Å². The molecule has 1 spiro atoms. The first kappa shape index (κ1) is 25.8. The van der Waals surface area contributed by atoms with Gasteiger partial charge < -0.3 is 30.7 Å². The van der Waals surface area contributed by atoms with Crippen molar-refractivity contribution in [2.75, 3.05) is 0 Å². The molecule has 2 fully saturated rings. The van der Waals surface area contributed by atoms with Crippen molar-refractivity contribution in [1.29, 1.82) is 0 Å². The monoisotopic (exact) mass is 514 g/mol. The van der Waals surface area contributed by atoms with Crippen LogP contribution in [0, 0.1) is 22.7 Å². The minimum Gasteiger partial charge on any atom is -0.508 e. The quantitative estimate of drug-likeness (QED) is 0.472. The van der Waals surface area contributed by atoms with Crippen LogP contribution in [0.25, 0.3) is 0 Å². The average Bonchev–Trinajstić information content (AvgIpc) is 3.36. The molecule has 2 heterocycles. The molecule has 5 rings (SSSR count). The number of carbonyl (C=O) groups excluding carboxylic acids is 2. The van der Waals surface area contributed by atoms with E-state index in [2.05, 4.69) is 27.7 Å². The Morgan fingerprint density at radius 3 is 2.57 bits per heavy atom. The first-order valence-corrected chi connectivity index (χ1v) is 13.3. The predicted octanol–water partition coefficient (Wildman–Crippen LogP) is 2.97. The van der Waals surface area contributed by atoms with Gasteiger partial charge in [-0.3, -0.25) is 9.59 Å². The second-order valence-electron chi connectivity index (χ2n) is 12.5. The number of hydrogen-bond acceptors (Lipinski definition) is 6. The van der Waals surface area contributed by atoms with Crippen LogP contribution in [0.5, 0.6) is 11.5 Å². The summed E-state index contributed by atoms with van der Waals surface area (Å²) < 4.78 is 6.97. The first-order chi connectivity index (χ1) is 17.2. The molecular weight excluding hydrogens is 476 g/mol. The molecule has 1 aromatic rings. The molecule has 0 unspecified atom stereocenters. The van der Waals surface area contributed by atoms with Crippen molar-refractivity contribution in [3.05, 3.63) is 22.8 Å². The van der Waals surface area contributed by atoms with Crippen molar-refractivity contribution in [1.82, 2.24) is 4.90 Å². The molecule has 0 bridgehead atoms. The van der Waals surface area contributed by atoms with Gasteiger partial charge in [-0.15, -0.1) is 0 Å². The van der Waals surface area contributed by atoms with Crippen molar-refractivity contribution < 1.29 is 34.4 Å². The number of carboxylic acids is 1. The van der Waals surface area contributed by atoms with E-state index in [1.165, 1.54) is 11.0 Å². The number of hydrogen-bond donors (Lipinski definition) is 4. The summed E-state index contributed by atoms with van der Waals surface area (Å²) in [4.78, 5) is 37.9. The van der Waals surface area contributed by atoms with Gasteiger partial charge in [0.2, 0.25) is 5.91 Å². The normalized spacial score (nSPS) is 34.5. The molecule has 2 aliphatic carbocycles. The predicted molar refractivity (Wildman–Crippen MR) is 134 cm³/mol. The van der Waals surface area contributed by atoms with Gasteiger partial charge in [0.05, 0.1) is 18.2 Å². The van der Waals surface area contributed by atoms with E-state index in [9.17, 15) is 29.7 Å². The number of fused-ring (bicyclic) bond motifs is 5. The van der Waals surface area contributed by atoms with Crippen LogP contribution in [0.2, 0.25) is 0 Å². The number of aliphatic hydroxyl groups excluding tert-OH is 1. The molecule has 0 saturated heterocycles. The van der Waals surface area contributed by atoms with Gasteiger partial charge in [0.15, 0.2) is 0 Å². The zero-order valence-corrected chi connectivity index (χ0v) is 22.0. The molecule has 5 N–H and O–H groups in total. The van der Waals surface area contributed by atoms with E-state index in [1.807, 2.05) is 0 Å². The number of carboxylic acid groups (broad SMARTS) is 1. The molecule has 9 nitrogen and oxygen atoms in total. The zero-order chi connectivity index (χ0) is 27.1. The minimum atomic E-state index is -1.21. The van der Waals surface area contributed by atoms with Crippen LogP contribution in [0.1, 0.15) is 87.7 Å². The lowest BCUT2D eigenvalue weighted by Gasteiger charge is -2.64. The number of carbonyl (C=O) groups is 3. The number of amides is 2. The van der Waals surface area contributed by atoms with Crippen LogP contribution in [-0.4, -0.2) is 55.8 Å². The molecule has 2 saturated carbocycles. The molecule has 6 atom stereocenters. The lowest BCUT2D eigenvalue weighted by molar-refractivity contribution is -0.210. The van der Waals surface area contributed by atoms with Crippen LogP contribution in [0.4, 0.5) is 0 Å². The number of nitrogens with two attached hydrogens (primary N) is 1. The number of aliphatic hydroxyl groups is 1. The maximum absolute atomic E-state index is 13.3. The fourth-order valence-electron chi connectivity index (χ4n) is 8.23. The Morgan fingerprint density at radius 2 is 1.92 bits per heavy atom. The van der Waals surface area contributed by atoms with Crippen molar-refractivity contribution in [2.45, 2.75) is 96.9 Å². The number of phenolic OH excluding ortho intramolecular Hbond substituents is 1. The standard InChI is InChI=1S/C28H38N2O7/c1-14-5-7-20-26(2,3)21(32)9-10-27(20,4)28(14)12-16-19(31)11-15-17(23(16)37-28)13-30(24(15)34)18(25(35)36)6-8-22(29)33/h11,14,18,20-21,31-32H,5-10,12-13H2,1-4H3,(H2,29,33)(H,35,36)/t14-,18-,20+,21-,27+,28-/m0/s1. The second kappa shape index (κ2) is 8.35. The van der Waals surface area contributed by atoms with Crippen LogP contribution >= 0.6 is 0 Å². The molecule has 9 heteroatoms. The Kier molecular flexibility index (Phi) is 5.83. The van der Waals surface area contributed by atoms with Gasteiger partial charge in [-0.2, -0.15) is 0 Å². The number of aliphatic carboxylic acids is 1. The number of benzene rings is 1. The summed E-state index contributed by atoms with van der Waals surface area (Å²) in [6, 6.07) is 0.227. The Labute approximate surface area is 217 Å². The smallest absolute Gasteiger partial charge is 0.326 e. The zero-order valence-electron chi connectivity index (χ0n) is 22.0. The summed E-state index contributed by atoms with van der Waals surface area (Å²) in [6.45, 7) is 8.74. The lowest BCUT2D eigenvalue weighted by atomic mass is 9.43. The number of aromatic hydroxyl groups is 1. The van der Waals surface area contributed by atoms with Gasteiger partial charge in [0.25, 0.3) is 5.91 Å². The van der Waals surface area contributed by atoms with Gasteiger partial charge in [0.1, 0.15) is 23.1 Å². The van der Waals surface area contributed by atoms with Crippen molar-refractivity contribution in [3.8, 4) is 11.5 Å². The van der Waals surface area contributed by atoms with E-state index in [0.29, 0.717) is 29.7 Å². The van der Waals surface area contributed by atoms with E-state index < -0.39 is 35.5 Å². The Balaban J connectivity index is 1.55. The number of nitrogens with zero attached hydrogens (tertiary/aromatic N) is 1. The Hall–Kier alpha value is -2.81. The molecule has 0 aromatic heterocycles. The molecular formula is C28H38N2O7. The summed E-state index contributed by atoms with van der Waals surface area (Å²) in [5.41, 5.74) is 5.56. The molecule has 1 aromatic carbocycles. The second-order valence-corrected chi connectivity index (χ2v) is 12.5. The van der Waals surface area contributed by atoms with E-state index in [-0.39, 0.29) is 53.4 Å². The Bertz CT molecular complexity index is 1180. The fourth-order valence-corrected chi connectivity index (χ4v) is 8.23. The summed E-state index contributed by atoms with van der Waals surface area (Å²) in [7, 11) is 0. The Morgan fingerprint density at radius 1 is 1.22 bits per heavy atom. The number of phenols is 1. The van der Waals surface area contributed by atoms with Crippen LogP contribution in [0.15, 0.2) is 6.07 Å². The fraction of sp³-hybridized carbons (Fsp3) is 0.679. The molecule has 0 radical (unpaired) electrons. The number of rotatable bonds is 5. The van der Waals surface area contributed by atoms with Crippen molar-refractivity contribution >= 4 is 17.8 Å². The summed E-state index contributed by atoms with van der Waals surface area (Å²) >= 11 is 0. The van der Waals surface area contributed by atoms with E-state index in [4.69, 9.17) is 10.5 Å². The maximum atomic E-state index is 13.3. The van der Waals surface area contributed by atoms with E-state index in [1.54, 1.807) is 0 Å². The highest BCUT2D eigenvalue weighted by Gasteiger charge is 2.67. The summed E-state index contributed by atoms with van der Waals surface area (Å²) in [5.74, 6) is -1.48. The maximum Gasteiger partial charge on any atom is 0.326 e. The molecule has 2 aliphatic heterocycles. The largest absolute Gasteiger partial charge is 0.508 e. The topological polar surface area (TPSA) is 150 Å². The number of ether oxygens (including phenoxy) is 1. The van der Waals surface area contributed by atoms with Gasteiger partial charge in [-0.25, -0.2) is 4.79 Å². The molecule has 202 valence electrons. The highest BCUT2D eigenvalue weighted by atomic mass is 16.5. The van der Waals surface area contributed by atoms with Crippen molar-refractivity contribution in [3.63, 3.8) is 0 Å². The molecule has 4 aliphatic rings. The van der Waals surface area contributed by atoms with E-state index >= 15 is 0 Å². The lowest BCUT2D eigenvalue weighted by Crippen LogP contribution is -2.66. The third-order valence-electron chi connectivity index (χ3n) is 10.4. The molecule has 37 heavy (non-hydrogen) atoms. The summed E-state index contributed by atoms with van der Waals surface area (Å²) in [5, 5.41) is 31.8. The van der Waals surface area contributed by atoms with Crippen LogP contribution < -0.4 is 10.5 Å². The molecule has 2 amide bonds. The van der Waals surface area contributed by atoms with Gasteiger partial charge in [-0.1, -0.05) is 27.7 Å². The first-order valence-electron chi connectivity index (χ1n) is 13.3. The van der Waals surface area contributed by atoms with E-state index in [0.717, 1.165) is 19.3 Å². The SMILES string of the molecule is C[C@H]1CC[C@@H]2C(C)(C)[C@@H](O)CC[C@@]2(C)[C@]12Cc1c(O)cc3c(c1O2)CN([C@@H](CCC(N)=O)C(=O)O)C3=O. The number of primary amides is 1. The highest BCUT2D eigenvalue weighted by molar-refractivity contribution is 6.02. The third-order valence-corrected chi connectivity index (χ3v) is 10.4. The summed E-state index contributed by atoms with van der Waals surface area (Å²) in [6.07, 6.45) is 3.24. The van der Waals surface area contributed by atoms with Gasteiger partial charge in [0, 0.05) is 29.4 Å². The average molecular weight is 515 g/mol. The highest BCUT2D eigenvalue weighted by Crippen LogP contribution is 2.67. The van der Waals surface area contributed by atoms with Gasteiger partial charge in [-0.05, 0) is 55.4 Å². The van der Waals surface area contributed by atoms with Crippen LogP contribution in [-0.2, 0) is 22.6 Å².